The first-order valence-corrected chi connectivity index (χ1v) is 8.26. The Morgan fingerprint density at radius 2 is 1.68 bits per heavy atom. The van der Waals surface area contributed by atoms with E-state index in [0.717, 1.165) is 17.7 Å². The summed E-state index contributed by atoms with van der Waals surface area (Å²) in [6, 6.07) is 12.8. The average molecular weight is 340 g/mol. The molecule has 0 fully saturated rings. The minimum absolute atomic E-state index is 0.0334. The van der Waals surface area contributed by atoms with Gasteiger partial charge in [0, 0.05) is 12.1 Å². The first-order chi connectivity index (χ1) is 12.0. The first kappa shape index (κ1) is 18.5. The predicted octanol–water partition coefficient (Wildman–Crippen LogP) is 2.40. The number of carbonyl (C=O) groups is 2. The van der Waals surface area contributed by atoms with E-state index in [4.69, 9.17) is 4.74 Å². The van der Waals surface area contributed by atoms with E-state index in [1.54, 1.807) is 31.4 Å². The molecule has 0 aliphatic rings. The summed E-state index contributed by atoms with van der Waals surface area (Å²) in [5.74, 6) is 0.415. The minimum Gasteiger partial charge on any atom is -0.496 e. The lowest BCUT2D eigenvalue weighted by Crippen LogP contribution is -2.37. The number of carbonyl (C=O) groups excluding carboxylic acids is 2. The highest BCUT2D eigenvalue weighted by Crippen LogP contribution is 2.23. The molecular weight excluding hydrogens is 316 g/mol. The molecule has 5 nitrogen and oxygen atoms in total. The first-order valence-electron chi connectivity index (χ1n) is 8.26. The zero-order chi connectivity index (χ0) is 18.2. The number of hydrogen-bond donors (Lipinski definition) is 2. The second kappa shape index (κ2) is 8.87. The van der Waals surface area contributed by atoms with Crippen LogP contribution in [0.4, 0.5) is 0 Å². The standard InChI is InChI=1S/C20H24N2O3/c1-14-15(2)18(25-3)10-9-16(14)11-12-21-19(23)13-22-20(24)17-7-5-4-6-8-17/h4-10H,11-13H2,1-3H3,(H,21,23)(H,22,24). The molecule has 5 heteroatoms. The fourth-order valence-corrected chi connectivity index (χ4v) is 2.60. The van der Waals surface area contributed by atoms with Crippen molar-refractivity contribution < 1.29 is 14.3 Å². The van der Waals surface area contributed by atoms with Gasteiger partial charge in [0.05, 0.1) is 13.7 Å². The zero-order valence-electron chi connectivity index (χ0n) is 14.9. The second-order valence-electron chi connectivity index (χ2n) is 5.83. The van der Waals surface area contributed by atoms with Crippen LogP contribution in [0.5, 0.6) is 5.75 Å². The monoisotopic (exact) mass is 340 g/mol. The van der Waals surface area contributed by atoms with Crippen molar-refractivity contribution in [2.75, 3.05) is 20.2 Å². The molecule has 0 aliphatic carbocycles. The Kier molecular flexibility index (Phi) is 6.57. The fourth-order valence-electron chi connectivity index (χ4n) is 2.60. The molecule has 0 bridgehead atoms. The molecule has 25 heavy (non-hydrogen) atoms. The van der Waals surface area contributed by atoms with Gasteiger partial charge in [-0.1, -0.05) is 24.3 Å². The summed E-state index contributed by atoms with van der Waals surface area (Å²) >= 11 is 0. The van der Waals surface area contributed by atoms with Gasteiger partial charge in [-0.05, 0) is 55.2 Å². The number of ether oxygens (including phenoxy) is 1. The normalized spacial score (nSPS) is 10.2. The summed E-state index contributed by atoms with van der Waals surface area (Å²) in [6.45, 7) is 4.56. The maximum atomic E-state index is 11.9. The summed E-state index contributed by atoms with van der Waals surface area (Å²) in [5.41, 5.74) is 4.00. The molecule has 2 aromatic rings. The molecule has 0 saturated heterocycles. The smallest absolute Gasteiger partial charge is 0.251 e. The van der Waals surface area contributed by atoms with Gasteiger partial charge in [-0.15, -0.1) is 0 Å². The third-order valence-corrected chi connectivity index (χ3v) is 4.23. The molecule has 0 unspecified atom stereocenters. The number of benzene rings is 2. The van der Waals surface area contributed by atoms with Gasteiger partial charge in [0.15, 0.2) is 0 Å². The molecule has 2 amide bonds. The number of nitrogens with one attached hydrogen (secondary N) is 2. The van der Waals surface area contributed by atoms with E-state index in [9.17, 15) is 9.59 Å². The molecular formula is C20H24N2O3. The van der Waals surface area contributed by atoms with Crippen molar-refractivity contribution in [3.05, 3.63) is 64.7 Å². The molecule has 0 atom stereocenters. The molecule has 2 N–H and O–H groups in total. The van der Waals surface area contributed by atoms with E-state index in [2.05, 4.69) is 17.6 Å². The lowest BCUT2D eigenvalue weighted by molar-refractivity contribution is -0.120. The summed E-state index contributed by atoms with van der Waals surface area (Å²) in [6.07, 6.45) is 0.731. The van der Waals surface area contributed by atoms with Crippen molar-refractivity contribution in [1.82, 2.24) is 10.6 Å². The number of hydrogen-bond acceptors (Lipinski definition) is 3. The average Bonchev–Trinajstić information content (AvgIpc) is 2.64. The van der Waals surface area contributed by atoms with Gasteiger partial charge in [0.2, 0.25) is 5.91 Å². The Balaban J connectivity index is 1.77. The minimum atomic E-state index is -0.252. The van der Waals surface area contributed by atoms with E-state index in [1.807, 2.05) is 25.1 Å². The molecule has 0 aromatic heterocycles. The van der Waals surface area contributed by atoms with Gasteiger partial charge in [-0.2, -0.15) is 0 Å². The topological polar surface area (TPSA) is 67.4 Å². The molecule has 2 rings (SSSR count). The van der Waals surface area contributed by atoms with Crippen LogP contribution in [-0.4, -0.2) is 32.0 Å². The van der Waals surface area contributed by atoms with Gasteiger partial charge in [-0.3, -0.25) is 9.59 Å². The third kappa shape index (κ3) is 5.08. The van der Waals surface area contributed by atoms with Crippen LogP contribution >= 0.6 is 0 Å². The van der Waals surface area contributed by atoms with Crippen molar-refractivity contribution >= 4 is 11.8 Å². The molecule has 2 aromatic carbocycles. The van der Waals surface area contributed by atoms with Crippen LogP contribution in [0.3, 0.4) is 0 Å². The molecule has 0 heterocycles. The zero-order valence-corrected chi connectivity index (χ0v) is 14.9. The van der Waals surface area contributed by atoms with Crippen LogP contribution in [0.15, 0.2) is 42.5 Å². The van der Waals surface area contributed by atoms with Gasteiger partial charge in [0.25, 0.3) is 5.91 Å². The molecule has 0 aliphatic heterocycles. The van der Waals surface area contributed by atoms with Crippen molar-refractivity contribution in [1.29, 1.82) is 0 Å². The highest BCUT2D eigenvalue weighted by Gasteiger charge is 2.09. The van der Waals surface area contributed by atoms with E-state index in [0.29, 0.717) is 12.1 Å². The van der Waals surface area contributed by atoms with Crippen molar-refractivity contribution in [3.8, 4) is 5.75 Å². The summed E-state index contributed by atoms with van der Waals surface area (Å²) < 4.78 is 5.30. The Bertz CT molecular complexity index is 742. The summed E-state index contributed by atoms with van der Waals surface area (Å²) in [4.78, 5) is 23.8. The number of rotatable bonds is 7. The molecule has 132 valence electrons. The van der Waals surface area contributed by atoms with E-state index in [-0.39, 0.29) is 18.4 Å². The second-order valence-corrected chi connectivity index (χ2v) is 5.83. The van der Waals surface area contributed by atoms with Gasteiger partial charge < -0.3 is 15.4 Å². The highest BCUT2D eigenvalue weighted by atomic mass is 16.5. The summed E-state index contributed by atoms with van der Waals surface area (Å²) in [5, 5.41) is 5.44. The molecule has 0 radical (unpaired) electrons. The van der Waals surface area contributed by atoms with Crippen LogP contribution < -0.4 is 15.4 Å². The van der Waals surface area contributed by atoms with E-state index >= 15 is 0 Å². The Labute approximate surface area is 148 Å². The molecule has 0 saturated carbocycles. The maximum Gasteiger partial charge on any atom is 0.251 e. The van der Waals surface area contributed by atoms with E-state index in [1.165, 1.54) is 11.1 Å². The van der Waals surface area contributed by atoms with Crippen LogP contribution in [0, 0.1) is 13.8 Å². The predicted molar refractivity (Wildman–Crippen MR) is 98.0 cm³/mol. The van der Waals surface area contributed by atoms with Crippen molar-refractivity contribution in [2.45, 2.75) is 20.3 Å². The van der Waals surface area contributed by atoms with Crippen molar-refractivity contribution in [3.63, 3.8) is 0 Å². The summed E-state index contributed by atoms with van der Waals surface area (Å²) in [7, 11) is 1.66. The quantitative estimate of drug-likeness (QED) is 0.813. The lowest BCUT2D eigenvalue weighted by Gasteiger charge is -2.13. The maximum absolute atomic E-state index is 11.9. The van der Waals surface area contributed by atoms with Gasteiger partial charge in [-0.25, -0.2) is 0 Å². The number of methoxy groups -OCH3 is 1. The highest BCUT2D eigenvalue weighted by molar-refractivity contribution is 5.96. The largest absolute Gasteiger partial charge is 0.496 e. The molecule has 0 spiro atoms. The van der Waals surface area contributed by atoms with Crippen LogP contribution in [0.1, 0.15) is 27.0 Å². The Morgan fingerprint density at radius 1 is 0.960 bits per heavy atom. The van der Waals surface area contributed by atoms with Crippen LogP contribution in [-0.2, 0) is 11.2 Å². The third-order valence-electron chi connectivity index (χ3n) is 4.23. The van der Waals surface area contributed by atoms with Gasteiger partial charge in [0.1, 0.15) is 5.75 Å². The van der Waals surface area contributed by atoms with Crippen LogP contribution in [0.25, 0.3) is 0 Å². The van der Waals surface area contributed by atoms with E-state index < -0.39 is 0 Å². The Morgan fingerprint density at radius 3 is 2.36 bits per heavy atom. The fraction of sp³-hybridized carbons (Fsp3) is 0.300. The number of amides is 2. The van der Waals surface area contributed by atoms with Gasteiger partial charge >= 0.3 is 0 Å². The lowest BCUT2D eigenvalue weighted by atomic mass is 10.00. The SMILES string of the molecule is COc1ccc(CCNC(=O)CNC(=O)c2ccccc2)c(C)c1C. The van der Waals surface area contributed by atoms with Crippen molar-refractivity contribution in [2.24, 2.45) is 0 Å². The Hall–Kier alpha value is -2.82. The van der Waals surface area contributed by atoms with Crippen LogP contribution in [0.2, 0.25) is 0 Å².